The molecule has 3 aromatic rings. The minimum absolute atomic E-state index is 0.0185. The summed E-state index contributed by atoms with van der Waals surface area (Å²) in [5, 5.41) is 5.07. The Hall–Kier alpha value is -2.69. The highest BCUT2D eigenvalue weighted by molar-refractivity contribution is 6.07. The Morgan fingerprint density at radius 3 is 2.73 bits per heavy atom. The zero-order valence-electron chi connectivity index (χ0n) is 15.7. The maximum Gasteiger partial charge on any atom is 0.255 e. The van der Waals surface area contributed by atoms with Gasteiger partial charge in [0, 0.05) is 23.7 Å². The number of benzene rings is 1. The van der Waals surface area contributed by atoms with Crippen LogP contribution in [0.5, 0.6) is 0 Å². The minimum Gasteiger partial charge on any atom is -0.361 e. The molecule has 0 saturated carbocycles. The van der Waals surface area contributed by atoms with Crippen LogP contribution in [0.15, 0.2) is 28.8 Å². The zero-order chi connectivity index (χ0) is 18.4. The number of amides is 1. The summed E-state index contributed by atoms with van der Waals surface area (Å²) < 4.78 is 5.23. The minimum atomic E-state index is -0.0185. The first kappa shape index (κ1) is 16.8. The van der Waals surface area contributed by atoms with E-state index in [2.05, 4.69) is 30.1 Å². The molecule has 1 aliphatic rings. The van der Waals surface area contributed by atoms with Crippen LogP contribution in [0.25, 0.3) is 10.9 Å². The highest BCUT2D eigenvalue weighted by Crippen LogP contribution is 2.34. The number of aryl methyl sites for hydroxylation is 4. The number of carbonyl (C=O) groups excluding carboxylic acids is 1. The molecule has 5 nitrogen and oxygen atoms in total. The van der Waals surface area contributed by atoms with Crippen LogP contribution >= 0.6 is 0 Å². The molecule has 0 aliphatic carbocycles. The molecule has 1 aliphatic heterocycles. The average Bonchev–Trinajstić information content (AvgIpc) is 3.26. The van der Waals surface area contributed by atoms with Gasteiger partial charge in [-0.15, -0.1) is 0 Å². The summed E-state index contributed by atoms with van der Waals surface area (Å²) >= 11 is 0. The van der Waals surface area contributed by atoms with E-state index in [9.17, 15) is 4.79 Å². The standard InChI is InChI=1S/C21H23N3O2/c1-12-7-8-16-17(10-13(2)22-20(16)15(12)4)21(25)24-9-5-6-19(24)18-11-14(3)26-23-18/h7-8,10-11,19H,5-6,9H2,1-4H3/t19-/m1/s1. The second kappa shape index (κ2) is 6.24. The highest BCUT2D eigenvalue weighted by Gasteiger charge is 2.33. The predicted octanol–water partition coefficient (Wildman–Crippen LogP) is 4.43. The van der Waals surface area contributed by atoms with Gasteiger partial charge >= 0.3 is 0 Å². The SMILES string of the molecule is Cc1cc(C(=O)N2CCC[C@@H]2c2cc(C)on2)c2ccc(C)c(C)c2n1. The molecule has 1 atom stereocenters. The molecule has 5 heteroatoms. The first-order valence-corrected chi connectivity index (χ1v) is 9.07. The van der Waals surface area contributed by atoms with Crippen molar-refractivity contribution >= 4 is 16.8 Å². The van der Waals surface area contributed by atoms with Crippen molar-refractivity contribution in [3.63, 3.8) is 0 Å². The van der Waals surface area contributed by atoms with E-state index in [-0.39, 0.29) is 11.9 Å². The summed E-state index contributed by atoms with van der Waals surface area (Å²) in [7, 11) is 0. The van der Waals surface area contributed by atoms with Crippen molar-refractivity contribution in [2.24, 2.45) is 0 Å². The normalized spacial score (nSPS) is 17.2. The second-order valence-electron chi connectivity index (χ2n) is 7.23. The van der Waals surface area contributed by atoms with E-state index < -0.39 is 0 Å². The van der Waals surface area contributed by atoms with Crippen LogP contribution in [0.1, 0.15) is 57.5 Å². The first-order valence-electron chi connectivity index (χ1n) is 9.07. The van der Waals surface area contributed by atoms with E-state index in [4.69, 9.17) is 4.52 Å². The molecule has 1 amide bonds. The van der Waals surface area contributed by atoms with Crippen molar-refractivity contribution < 1.29 is 9.32 Å². The van der Waals surface area contributed by atoms with Gasteiger partial charge in [-0.05, 0) is 57.7 Å². The summed E-state index contributed by atoms with van der Waals surface area (Å²) in [5.41, 5.74) is 5.67. The monoisotopic (exact) mass is 349 g/mol. The number of fused-ring (bicyclic) bond motifs is 1. The van der Waals surface area contributed by atoms with Gasteiger partial charge in [0.05, 0.1) is 17.1 Å². The van der Waals surface area contributed by atoms with Crippen molar-refractivity contribution in [2.45, 2.75) is 46.6 Å². The Bertz CT molecular complexity index is 1010. The maximum atomic E-state index is 13.4. The van der Waals surface area contributed by atoms with Gasteiger partial charge in [-0.1, -0.05) is 17.3 Å². The Labute approximate surface area is 153 Å². The van der Waals surface area contributed by atoms with E-state index in [1.165, 1.54) is 5.56 Å². The largest absolute Gasteiger partial charge is 0.361 e. The van der Waals surface area contributed by atoms with Crippen molar-refractivity contribution in [3.8, 4) is 0 Å². The number of nitrogens with zero attached hydrogens (tertiary/aromatic N) is 3. The third kappa shape index (κ3) is 2.68. The van der Waals surface area contributed by atoms with Gasteiger partial charge in [0.1, 0.15) is 11.5 Å². The molecule has 4 rings (SSSR count). The lowest BCUT2D eigenvalue weighted by Crippen LogP contribution is -2.31. The number of likely N-dealkylation sites (tertiary alicyclic amines) is 1. The molecule has 1 aromatic carbocycles. The van der Waals surface area contributed by atoms with Crippen LogP contribution in [0.3, 0.4) is 0 Å². The van der Waals surface area contributed by atoms with Gasteiger partial charge in [-0.3, -0.25) is 9.78 Å². The van der Waals surface area contributed by atoms with Gasteiger partial charge in [-0.25, -0.2) is 0 Å². The van der Waals surface area contributed by atoms with Gasteiger partial charge in [0.15, 0.2) is 0 Å². The van der Waals surface area contributed by atoms with Gasteiger partial charge in [-0.2, -0.15) is 0 Å². The molecule has 0 unspecified atom stereocenters. The fraction of sp³-hybridized carbons (Fsp3) is 0.381. The smallest absolute Gasteiger partial charge is 0.255 e. The first-order chi connectivity index (χ1) is 12.5. The van der Waals surface area contributed by atoms with E-state index >= 15 is 0 Å². The highest BCUT2D eigenvalue weighted by atomic mass is 16.5. The summed E-state index contributed by atoms with van der Waals surface area (Å²) in [5.74, 6) is 0.822. The van der Waals surface area contributed by atoms with Crippen LogP contribution in [0, 0.1) is 27.7 Å². The summed E-state index contributed by atoms with van der Waals surface area (Å²) in [6.45, 7) is 8.70. The van der Waals surface area contributed by atoms with Crippen LogP contribution in [0.2, 0.25) is 0 Å². The molecule has 0 bridgehead atoms. The topological polar surface area (TPSA) is 59.2 Å². The predicted molar refractivity (Wildman–Crippen MR) is 100 cm³/mol. The molecular weight excluding hydrogens is 326 g/mol. The number of hydrogen-bond acceptors (Lipinski definition) is 4. The lowest BCUT2D eigenvalue weighted by molar-refractivity contribution is 0.0732. The van der Waals surface area contributed by atoms with Crippen LogP contribution in [-0.4, -0.2) is 27.5 Å². The van der Waals surface area contributed by atoms with E-state index in [0.29, 0.717) is 0 Å². The van der Waals surface area contributed by atoms with Crippen LogP contribution in [-0.2, 0) is 0 Å². The molecule has 0 radical (unpaired) electrons. The zero-order valence-corrected chi connectivity index (χ0v) is 15.7. The van der Waals surface area contributed by atoms with Gasteiger partial charge < -0.3 is 9.42 Å². The molecule has 3 heterocycles. The molecular formula is C21H23N3O2. The van der Waals surface area contributed by atoms with Gasteiger partial charge in [0.25, 0.3) is 5.91 Å². The number of pyridine rings is 1. The average molecular weight is 349 g/mol. The van der Waals surface area contributed by atoms with Crippen LogP contribution in [0.4, 0.5) is 0 Å². The van der Waals surface area contributed by atoms with Gasteiger partial charge in [0.2, 0.25) is 0 Å². The molecule has 0 spiro atoms. The van der Waals surface area contributed by atoms with E-state index in [1.54, 1.807) is 0 Å². The van der Waals surface area contributed by atoms with Crippen LogP contribution < -0.4 is 0 Å². The Morgan fingerprint density at radius 2 is 2.00 bits per heavy atom. The number of rotatable bonds is 2. The molecule has 1 fully saturated rings. The van der Waals surface area contributed by atoms with Crippen molar-refractivity contribution in [1.29, 1.82) is 0 Å². The fourth-order valence-electron chi connectivity index (χ4n) is 3.85. The maximum absolute atomic E-state index is 13.4. The molecule has 0 N–H and O–H groups in total. The number of hydrogen-bond donors (Lipinski definition) is 0. The fourth-order valence-corrected chi connectivity index (χ4v) is 3.85. The number of aromatic nitrogens is 2. The quantitative estimate of drug-likeness (QED) is 0.686. The molecule has 2 aromatic heterocycles. The lowest BCUT2D eigenvalue weighted by Gasteiger charge is -2.24. The number of carbonyl (C=O) groups is 1. The van der Waals surface area contributed by atoms with Crippen molar-refractivity contribution in [3.05, 3.63) is 58.1 Å². The van der Waals surface area contributed by atoms with Crippen molar-refractivity contribution in [2.75, 3.05) is 6.54 Å². The molecule has 1 saturated heterocycles. The lowest BCUT2D eigenvalue weighted by atomic mass is 10.00. The summed E-state index contributed by atoms with van der Waals surface area (Å²) in [4.78, 5) is 20.1. The molecule has 134 valence electrons. The Morgan fingerprint density at radius 1 is 1.19 bits per heavy atom. The third-order valence-corrected chi connectivity index (χ3v) is 5.37. The summed E-state index contributed by atoms with van der Waals surface area (Å²) in [6, 6.07) is 7.90. The van der Waals surface area contributed by atoms with E-state index in [0.717, 1.165) is 58.6 Å². The summed E-state index contributed by atoms with van der Waals surface area (Å²) in [6.07, 6.45) is 1.89. The second-order valence-corrected chi connectivity index (χ2v) is 7.23. The Kier molecular flexibility index (Phi) is 4.02. The van der Waals surface area contributed by atoms with E-state index in [1.807, 2.05) is 36.9 Å². The van der Waals surface area contributed by atoms with Crippen molar-refractivity contribution in [1.82, 2.24) is 15.0 Å². The third-order valence-electron chi connectivity index (χ3n) is 5.37. The Balaban J connectivity index is 1.80. The molecule has 26 heavy (non-hydrogen) atoms.